The summed E-state index contributed by atoms with van der Waals surface area (Å²) in [6, 6.07) is 0. The van der Waals surface area contributed by atoms with E-state index in [4.69, 9.17) is 0 Å². The third-order valence-corrected chi connectivity index (χ3v) is 3.57. The monoisotopic (exact) mass is 210 g/mol. The molecule has 15 heavy (non-hydrogen) atoms. The Hall–Kier alpha value is -0.830. The van der Waals surface area contributed by atoms with Crippen LogP contribution in [0.3, 0.4) is 0 Å². The van der Waals surface area contributed by atoms with Crippen molar-refractivity contribution in [2.45, 2.75) is 53.2 Å². The van der Waals surface area contributed by atoms with E-state index in [1.165, 1.54) is 11.1 Å². The van der Waals surface area contributed by atoms with Crippen LogP contribution in [0.1, 0.15) is 41.5 Å². The van der Waals surface area contributed by atoms with Crippen molar-refractivity contribution in [2.24, 2.45) is 5.92 Å². The molecule has 0 spiro atoms. The van der Waals surface area contributed by atoms with Gasteiger partial charge in [-0.05, 0) is 39.2 Å². The second-order valence-electron chi connectivity index (χ2n) is 5.09. The first kappa shape index (κ1) is 12.2. The molecule has 0 aromatic heterocycles. The molecule has 2 atom stereocenters. The first-order valence-electron chi connectivity index (χ1n) is 5.51. The van der Waals surface area contributed by atoms with Crippen LogP contribution < -0.4 is 10.6 Å². The molecule has 0 radical (unpaired) electrons. The van der Waals surface area contributed by atoms with Gasteiger partial charge in [0.05, 0.1) is 5.54 Å². The summed E-state index contributed by atoms with van der Waals surface area (Å²) < 4.78 is 0. The van der Waals surface area contributed by atoms with Gasteiger partial charge in [-0.2, -0.15) is 0 Å². The molecule has 1 rings (SSSR count). The van der Waals surface area contributed by atoms with Gasteiger partial charge < -0.3 is 5.32 Å². The van der Waals surface area contributed by atoms with E-state index in [1.54, 1.807) is 0 Å². The van der Waals surface area contributed by atoms with Crippen molar-refractivity contribution in [2.75, 3.05) is 0 Å². The van der Waals surface area contributed by atoms with Crippen LogP contribution in [0.25, 0.3) is 0 Å². The van der Waals surface area contributed by atoms with Crippen molar-refractivity contribution in [1.29, 1.82) is 0 Å². The number of carbonyl (C=O) groups is 1. The number of nitrogens with one attached hydrogen (secondary N) is 2. The van der Waals surface area contributed by atoms with Crippen LogP contribution in [-0.4, -0.2) is 17.6 Å². The summed E-state index contributed by atoms with van der Waals surface area (Å²) in [5.74, 6) is 0.385. The van der Waals surface area contributed by atoms with Crippen LogP contribution >= 0.6 is 0 Å². The largest absolute Gasteiger partial charge is 0.335 e. The number of amides is 1. The molecule has 1 aliphatic rings. The predicted octanol–water partition coefficient (Wildman–Crippen LogP) is 1.80. The van der Waals surface area contributed by atoms with Crippen molar-refractivity contribution in [3.63, 3.8) is 0 Å². The second kappa shape index (κ2) is 3.97. The highest BCUT2D eigenvalue weighted by Gasteiger charge is 2.44. The zero-order valence-corrected chi connectivity index (χ0v) is 10.6. The van der Waals surface area contributed by atoms with E-state index in [0.717, 1.165) is 0 Å². The standard InChI is InChI=1S/C12H22N2O/c1-7(2)9(5)10-13-11(15)12(6,14-10)8(3)4/h8,10,14H,1-6H3,(H,13,15). The molecule has 2 N–H and O–H groups in total. The molecule has 1 aliphatic heterocycles. The van der Waals surface area contributed by atoms with E-state index in [9.17, 15) is 4.79 Å². The van der Waals surface area contributed by atoms with Crippen molar-refractivity contribution in [1.82, 2.24) is 10.6 Å². The lowest BCUT2D eigenvalue weighted by Crippen LogP contribution is -2.49. The molecule has 1 amide bonds. The Morgan fingerprint density at radius 2 is 1.87 bits per heavy atom. The van der Waals surface area contributed by atoms with Crippen LogP contribution in [0.5, 0.6) is 0 Å². The maximum Gasteiger partial charge on any atom is 0.241 e. The predicted molar refractivity (Wildman–Crippen MR) is 62.4 cm³/mol. The number of hydrogen-bond acceptors (Lipinski definition) is 2. The molecular weight excluding hydrogens is 188 g/mol. The maximum atomic E-state index is 11.9. The third kappa shape index (κ3) is 2.07. The minimum atomic E-state index is -0.443. The lowest BCUT2D eigenvalue weighted by atomic mass is 9.89. The van der Waals surface area contributed by atoms with Crippen LogP contribution in [0.15, 0.2) is 11.1 Å². The zero-order chi connectivity index (χ0) is 11.8. The second-order valence-corrected chi connectivity index (χ2v) is 5.09. The minimum absolute atomic E-state index is 0.00472. The molecule has 0 saturated carbocycles. The molecule has 0 aromatic carbocycles. The normalized spacial score (nSPS) is 30.6. The topological polar surface area (TPSA) is 41.1 Å². The Morgan fingerprint density at radius 1 is 1.33 bits per heavy atom. The van der Waals surface area contributed by atoms with E-state index in [-0.39, 0.29) is 18.0 Å². The highest BCUT2D eigenvalue weighted by atomic mass is 16.2. The lowest BCUT2D eigenvalue weighted by molar-refractivity contribution is -0.125. The summed E-state index contributed by atoms with van der Waals surface area (Å²) in [6.07, 6.45) is -0.00472. The first-order chi connectivity index (χ1) is 6.79. The van der Waals surface area contributed by atoms with Gasteiger partial charge in [-0.1, -0.05) is 19.4 Å². The van der Waals surface area contributed by atoms with E-state index in [1.807, 2.05) is 6.92 Å². The van der Waals surface area contributed by atoms with Gasteiger partial charge in [0.15, 0.2) is 0 Å². The van der Waals surface area contributed by atoms with Crippen LogP contribution in [0.2, 0.25) is 0 Å². The Morgan fingerprint density at radius 3 is 2.20 bits per heavy atom. The van der Waals surface area contributed by atoms with E-state index in [2.05, 4.69) is 45.3 Å². The Balaban J connectivity index is 2.90. The molecule has 1 fully saturated rings. The smallest absolute Gasteiger partial charge is 0.241 e. The fourth-order valence-corrected chi connectivity index (χ4v) is 1.62. The summed E-state index contributed by atoms with van der Waals surface area (Å²) in [7, 11) is 0. The van der Waals surface area contributed by atoms with Gasteiger partial charge in [-0.3, -0.25) is 10.1 Å². The molecule has 0 bridgehead atoms. The average Bonchev–Trinajstić information content (AvgIpc) is 2.43. The molecule has 3 nitrogen and oxygen atoms in total. The van der Waals surface area contributed by atoms with Gasteiger partial charge in [-0.25, -0.2) is 0 Å². The summed E-state index contributed by atoms with van der Waals surface area (Å²) in [5.41, 5.74) is 2.01. The number of rotatable bonds is 2. The van der Waals surface area contributed by atoms with Gasteiger partial charge in [-0.15, -0.1) is 0 Å². The van der Waals surface area contributed by atoms with Crippen LogP contribution in [-0.2, 0) is 4.79 Å². The number of carbonyl (C=O) groups excluding carboxylic acids is 1. The Labute approximate surface area is 92.3 Å². The Kier molecular flexibility index (Phi) is 3.24. The van der Waals surface area contributed by atoms with Crippen molar-refractivity contribution < 1.29 is 4.79 Å². The summed E-state index contributed by atoms with van der Waals surface area (Å²) >= 11 is 0. The molecule has 1 saturated heterocycles. The van der Waals surface area contributed by atoms with Crippen molar-refractivity contribution >= 4 is 5.91 Å². The minimum Gasteiger partial charge on any atom is -0.335 e. The average molecular weight is 210 g/mol. The van der Waals surface area contributed by atoms with Crippen molar-refractivity contribution in [3.05, 3.63) is 11.1 Å². The number of hydrogen-bond donors (Lipinski definition) is 2. The molecule has 2 unspecified atom stereocenters. The van der Waals surface area contributed by atoms with Gasteiger partial charge >= 0.3 is 0 Å². The molecule has 86 valence electrons. The van der Waals surface area contributed by atoms with Crippen LogP contribution in [0.4, 0.5) is 0 Å². The van der Waals surface area contributed by atoms with Gasteiger partial charge in [0.25, 0.3) is 0 Å². The fraction of sp³-hybridized carbons (Fsp3) is 0.750. The Bertz CT molecular complexity index is 303. The van der Waals surface area contributed by atoms with E-state index >= 15 is 0 Å². The SMILES string of the molecule is CC(C)=C(C)C1NC(=O)C(C)(C(C)C)N1. The summed E-state index contributed by atoms with van der Waals surface area (Å²) in [5, 5.41) is 6.38. The quantitative estimate of drug-likeness (QED) is 0.682. The zero-order valence-electron chi connectivity index (χ0n) is 10.6. The summed E-state index contributed by atoms with van der Waals surface area (Å²) in [6.45, 7) is 12.3. The van der Waals surface area contributed by atoms with Crippen molar-refractivity contribution in [3.8, 4) is 0 Å². The lowest BCUT2D eigenvalue weighted by Gasteiger charge is -2.26. The highest BCUT2D eigenvalue weighted by molar-refractivity contribution is 5.89. The fourth-order valence-electron chi connectivity index (χ4n) is 1.62. The molecular formula is C12H22N2O. The molecule has 0 aliphatic carbocycles. The molecule has 1 heterocycles. The van der Waals surface area contributed by atoms with Crippen LogP contribution in [0, 0.1) is 5.92 Å². The molecule has 0 aromatic rings. The molecule has 3 heteroatoms. The first-order valence-corrected chi connectivity index (χ1v) is 5.51. The maximum absolute atomic E-state index is 11.9. The third-order valence-electron chi connectivity index (χ3n) is 3.57. The highest BCUT2D eigenvalue weighted by Crippen LogP contribution is 2.24. The van der Waals surface area contributed by atoms with Gasteiger partial charge in [0.2, 0.25) is 5.91 Å². The van der Waals surface area contributed by atoms with E-state index in [0.29, 0.717) is 0 Å². The van der Waals surface area contributed by atoms with Gasteiger partial charge in [0, 0.05) is 0 Å². The van der Waals surface area contributed by atoms with E-state index < -0.39 is 5.54 Å². The van der Waals surface area contributed by atoms with Gasteiger partial charge in [0.1, 0.15) is 6.17 Å². The number of allylic oxidation sites excluding steroid dienone is 1. The summed E-state index contributed by atoms with van der Waals surface area (Å²) in [4.78, 5) is 11.9.